The normalized spacial score (nSPS) is 10.1. The second-order valence-corrected chi connectivity index (χ2v) is 4.17. The summed E-state index contributed by atoms with van der Waals surface area (Å²) in [7, 11) is 0. The minimum atomic E-state index is -0.281. The molecule has 0 aliphatic carbocycles. The molecule has 2 heteroatoms. The molecule has 0 heterocycles. The van der Waals surface area contributed by atoms with Crippen molar-refractivity contribution in [2.45, 2.75) is 20.3 Å². The van der Waals surface area contributed by atoms with Gasteiger partial charge in [-0.3, -0.25) is 0 Å². The van der Waals surface area contributed by atoms with Crippen molar-refractivity contribution in [3.63, 3.8) is 0 Å². The molecule has 2 aromatic rings. The second-order valence-electron chi connectivity index (χ2n) is 4.17. The molecular formula is C16H16O2. The largest absolute Gasteiger partial charge is 0.423 e. The lowest BCUT2D eigenvalue weighted by Gasteiger charge is -2.10. The van der Waals surface area contributed by atoms with E-state index in [1.165, 1.54) is 0 Å². The highest BCUT2D eigenvalue weighted by atomic mass is 16.5. The van der Waals surface area contributed by atoms with Crippen molar-refractivity contribution in [2.24, 2.45) is 0 Å². The molecule has 0 aliphatic heterocycles. The van der Waals surface area contributed by atoms with Crippen LogP contribution in [0.5, 0.6) is 5.75 Å². The van der Waals surface area contributed by atoms with Gasteiger partial charge in [0.1, 0.15) is 5.75 Å². The van der Waals surface area contributed by atoms with Crippen molar-refractivity contribution >= 4 is 5.97 Å². The maximum Gasteiger partial charge on any atom is 0.344 e. The Bertz CT molecular complexity index is 544. The van der Waals surface area contributed by atoms with Crippen molar-refractivity contribution < 1.29 is 9.53 Å². The topological polar surface area (TPSA) is 26.3 Å². The molecule has 0 atom stereocenters. The van der Waals surface area contributed by atoms with Gasteiger partial charge in [-0.15, -0.1) is 0 Å². The van der Waals surface area contributed by atoms with Crippen LogP contribution in [0.25, 0.3) is 0 Å². The highest BCUT2D eigenvalue weighted by Gasteiger charge is 2.15. The Hall–Kier alpha value is -2.09. The van der Waals surface area contributed by atoms with Gasteiger partial charge in [0, 0.05) is 0 Å². The van der Waals surface area contributed by atoms with Crippen molar-refractivity contribution in [1.82, 2.24) is 0 Å². The van der Waals surface area contributed by atoms with Crippen LogP contribution >= 0.6 is 0 Å². The average Bonchev–Trinajstić information content (AvgIpc) is 2.39. The summed E-state index contributed by atoms with van der Waals surface area (Å²) < 4.78 is 5.38. The van der Waals surface area contributed by atoms with Crippen molar-refractivity contribution in [3.05, 3.63) is 65.2 Å². The van der Waals surface area contributed by atoms with Gasteiger partial charge < -0.3 is 4.74 Å². The van der Waals surface area contributed by atoms with Crippen LogP contribution in [0, 0.1) is 6.92 Å². The quantitative estimate of drug-likeness (QED) is 0.603. The number of carbonyl (C=O) groups excluding carboxylic acids is 1. The Morgan fingerprint density at radius 3 is 2.44 bits per heavy atom. The summed E-state index contributed by atoms with van der Waals surface area (Å²) in [6.45, 7) is 3.97. The number of para-hydroxylation sites is 1. The highest BCUT2D eigenvalue weighted by molar-refractivity contribution is 5.94. The van der Waals surface area contributed by atoms with Crippen LogP contribution in [0.3, 0.4) is 0 Å². The summed E-state index contributed by atoms with van der Waals surface area (Å²) in [4.78, 5) is 12.2. The second kappa shape index (κ2) is 5.50. The van der Waals surface area contributed by atoms with Crippen LogP contribution in [0.1, 0.15) is 28.4 Å². The molecule has 2 nitrogen and oxygen atoms in total. The van der Waals surface area contributed by atoms with E-state index >= 15 is 0 Å². The number of esters is 1. The molecule has 0 aliphatic rings. The van der Waals surface area contributed by atoms with Crippen molar-refractivity contribution in [3.8, 4) is 5.75 Å². The predicted molar refractivity (Wildman–Crippen MR) is 72.0 cm³/mol. The van der Waals surface area contributed by atoms with Crippen molar-refractivity contribution in [2.75, 3.05) is 0 Å². The zero-order valence-corrected chi connectivity index (χ0v) is 10.6. The number of hydrogen-bond acceptors (Lipinski definition) is 2. The number of hydrogen-bond donors (Lipinski definition) is 0. The Morgan fingerprint density at radius 2 is 1.78 bits per heavy atom. The molecule has 2 aromatic carbocycles. The van der Waals surface area contributed by atoms with Crippen LogP contribution in [-0.4, -0.2) is 5.97 Å². The fourth-order valence-electron chi connectivity index (χ4n) is 1.96. The minimum absolute atomic E-state index is 0.281. The van der Waals surface area contributed by atoms with Gasteiger partial charge in [-0.25, -0.2) is 4.79 Å². The van der Waals surface area contributed by atoms with Gasteiger partial charge in [0.05, 0.1) is 5.56 Å². The molecule has 18 heavy (non-hydrogen) atoms. The highest BCUT2D eigenvalue weighted by Crippen LogP contribution is 2.18. The third-order valence-electron chi connectivity index (χ3n) is 2.90. The fourth-order valence-corrected chi connectivity index (χ4v) is 1.96. The maximum absolute atomic E-state index is 12.2. The molecular weight excluding hydrogens is 224 g/mol. The van der Waals surface area contributed by atoms with Gasteiger partial charge in [0.15, 0.2) is 0 Å². The molecule has 0 spiro atoms. The van der Waals surface area contributed by atoms with Gasteiger partial charge in [-0.05, 0) is 36.6 Å². The number of aryl methyl sites for hydroxylation is 2. The molecule has 0 unspecified atom stereocenters. The first-order valence-electron chi connectivity index (χ1n) is 6.08. The van der Waals surface area contributed by atoms with Crippen LogP contribution in [0.15, 0.2) is 48.5 Å². The third-order valence-corrected chi connectivity index (χ3v) is 2.90. The Balaban J connectivity index is 2.29. The van der Waals surface area contributed by atoms with Gasteiger partial charge >= 0.3 is 5.97 Å². The lowest BCUT2D eigenvalue weighted by molar-refractivity contribution is 0.0733. The maximum atomic E-state index is 12.2. The standard InChI is InChI=1S/C16H16O2/c1-3-13-9-7-8-12(2)15(13)16(17)18-14-10-5-4-6-11-14/h4-11H,3H2,1-2H3. The molecule has 92 valence electrons. The zero-order chi connectivity index (χ0) is 13.0. The van der Waals surface area contributed by atoms with E-state index in [4.69, 9.17) is 4.74 Å². The molecule has 0 amide bonds. The van der Waals surface area contributed by atoms with Crippen LogP contribution in [0.2, 0.25) is 0 Å². The summed E-state index contributed by atoms with van der Waals surface area (Å²) in [6, 6.07) is 15.0. The zero-order valence-electron chi connectivity index (χ0n) is 10.6. The summed E-state index contributed by atoms with van der Waals surface area (Å²) in [5.74, 6) is 0.295. The smallest absolute Gasteiger partial charge is 0.344 e. The van der Waals surface area contributed by atoms with Crippen molar-refractivity contribution in [1.29, 1.82) is 0 Å². The number of ether oxygens (including phenoxy) is 1. The summed E-state index contributed by atoms with van der Waals surface area (Å²) in [5.41, 5.74) is 2.66. The predicted octanol–water partition coefficient (Wildman–Crippen LogP) is 3.78. The van der Waals surface area contributed by atoms with E-state index in [-0.39, 0.29) is 5.97 Å². The molecule has 0 fully saturated rings. The Kier molecular flexibility index (Phi) is 3.78. The summed E-state index contributed by atoms with van der Waals surface area (Å²) in [6.07, 6.45) is 0.820. The molecule has 0 radical (unpaired) electrons. The van der Waals surface area contributed by atoms with E-state index in [1.807, 2.05) is 50.2 Å². The fraction of sp³-hybridized carbons (Fsp3) is 0.188. The molecule has 0 bridgehead atoms. The molecule has 0 aromatic heterocycles. The average molecular weight is 240 g/mol. The van der Waals surface area contributed by atoms with E-state index in [9.17, 15) is 4.79 Å². The van der Waals surface area contributed by atoms with Gasteiger partial charge in [-0.1, -0.05) is 43.3 Å². The van der Waals surface area contributed by atoms with Gasteiger partial charge in [0.25, 0.3) is 0 Å². The monoisotopic (exact) mass is 240 g/mol. The number of carbonyl (C=O) groups is 1. The molecule has 2 rings (SSSR count). The summed E-state index contributed by atoms with van der Waals surface area (Å²) in [5, 5.41) is 0. The molecule has 0 saturated carbocycles. The van der Waals surface area contributed by atoms with E-state index < -0.39 is 0 Å². The first-order chi connectivity index (χ1) is 8.72. The summed E-state index contributed by atoms with van der Waals surface area (Å²) >= 11 is 0. The van der Waals surface area contributed by atoms with Gasteiger partial charge in [-0.2, -0.15) is 0 Å². The number of rotatable bonds is 3. The first kappa shape index (κ1) is 12.4. The lowest BCUT2D eigenvalue weighted by atomic mass is 10.0. The Labute approximate surface area is 107 Å². The van der Waals surface area contributed by atoms with Crippen LogP contribution in [-0.2, 0) is 6.42 Å². The van der Waals surface area contributed by atoms with Gasteiger partial charge in [0.2, 0.25) is 0 Å². The first-order valence-corrected chi connectivity index (χ1v) is 6.08. The lowest BCUT2D eigenvalue weighted by Crippen LogP contribution is -2.13. The van der Waals surface area contributed by atoms with Crippen LogP contribution in [0.4, 0.5) is 0 Å². The third kappa shape index (κ3) is 2.59. The van der Waals surface area contributed by atoms with E-state index in [0.29, 0.717) is 11.3 Å². The number of benzene rings is 2. The molecule has 0 saturated heterocycles. The molecule has 0 N–H and O–H groups in total. The Morgan fingerprint density at radius 1 is 1.06 bits per heavy atom. The van der Waals surface area contributed by atoms with Crippen LogP contribution < -0.4 is 4.74 Å². The van der Waals surface area contributed by atoms with E-state index in [1.54, 1.807) is 12.1 Å². The van der Waals surface area contributed by atoms with E-state index in [0.717, 1.165) is 17.5 Å². The van der Waals surface area contributed by atoms with E-state index in [2.05, 4.69) is 0 Å². The SMILES string of the molecule is CCc1cccc(C)c1C(=O)Oc1ccccc1. The minimum Gasteiger partial charge on any atom is -0.423 e.